The molecule has 2 amide bonds. The summed E-state index contributed by atoms with van der Waals surface area (Å²) in [4.78, 5) is 24.7. The molecule has 0 bridgehead atoms. The second-order valence-corrected chi connectivity index (χ2v) is 3.52. The Morgan fingerprint density at radius 3 is 2.47 bits per heavy atom. The molecule has 0 saturated heterocycles. The van der Waals surface area contributed by atoms with Gasteiger partial charge >= 0.3 is 0 Å². The van der Waals surface area contributed by atoms with Crippen molar-refractivity contribution in [2.45, 2.75) is 39.5 Å². The van der Waals surface area contributed by atoms with E-state index < -0.39 is 11.8 Å². The lowest BCUT2D eigenvalue weighted by atomic mass is 10.1. The van der Waals surface area contributed by atoms with Gasteiger partial charge in [-0.2, -0.15) is 0 Å². The summed E-state index contributed by atoms with van der Waals surface area (Å²) in [5.41, 5.74) is 13.7. The average Bonchev–Trinajstić information content (AvgIpc) is 2.23. The molecule has 0 aromatic rings. The summed E-state index contributed by atoms with van der Waals surface area (Å²) in [6, 6.07) is 0. The Balaban J connectivity index is 5.04. The van der Waals surface area contributed by atoms with Gasteiger partial charge in [0.2, 0.25) is 11.8 Å². The van der Waals surface area contributed by atoms with Crippen molar-refractivity contribution in [2.75, 3.05) is 0 Å². The van der Waals surface area contributed by atoms with E-state index in [0.29, 0.717) is 6.42 Å². The predicted octanol–water partition coefficient (Wildman–Crippen LogP) is 1.71. The molecule has 0 aromatic heterocycles. The number of nitrogens with two attached hydrogens (primary N) is 1. The molecule has 7 heteroatoms. The van der Waals surface area contributed by atoms with Crippen LogP contribution in [0, 0.1) is 0 Å². The molecule has 0 heterocycles. The maximum absolute atomic E-state index is 11.2. The van der Waals surface area contributed by atoms with Gasteiger partial charge in [0, 0.05) is 17.4 Å². The standard InChI is InChI=1S/C10H17N5O2/c1-3-4-5-6-8(9(11)17)10(14-15-12)13-7(2)16/h3-6H2,1-2H3,(H2,11,17)(H,13,16)/b10-8+. The highest BCUT2D eigenvalue weighted by molar-refractivity contribution is 5.93. The maximum Gasteiger partial charge on any atom is 0.246 e. The molecule has 0 fully saturated rings. The van der Waals surface area contributed by atoms with E-state index >= 15 is 0 Å². The Morgan fingerprint density at radius 2 is 2.06 bits per heavy atom. The van der Waals surface area contributed by atoms with E-state index in [9.17, 15) is 9.59 Å². The summed E-state index contributed by atoms with van der Waals surface area (Å²) >= 11 is 0. The number of amides is 2. The first-order chi connectivity index (χ1) is 8.02. The Morgan fingerprint density at radius 1 is 1.41 bits per heavy atom. The minimum atomic E-state index is -0.683. The summed E-state index contributed by atoms with van der Waals surface area (Å²) in [7, 11) is 0. The van der Waals surface area contributed by atoms with Crippen molar-refractivity contribution in [3.63, 3.8) is 0 Å². The maximum atomic E-state index is 11.2. The molecule has 94 valence electrons. The average molecular weight is 239 g/mol. The smallest absolute Gasteiger partial charge is 0.246 e. The van der Waals surface area contributed by atoms with Gasteiger partial charge < -0.3 is 11.1 Å². The number of rotatable bonds is 7. The van der Waals surface area contributed by atoms with Crippen LogP contribution in [0.2, 0.25) is 0 Å². The number of primary amides is 1. The van der Waals surface area contributed by atoms with E-state index in [0.717, 1.165) is 19.3 Å². The first-order valence-corrected chi connectivity index (χ1v) is 5.38. The first-order valence-electron chi connectivity index (χ1n) is 5.38. The molecular formula is C10H17N5O2. The van der Waals surface area contributed by atoms with Crippen LogP contribution in [0.5, 0.6) is 0 Å². The molecule has 0 atom stereocenters. The van der Waals surface area contributed by atoms with Gasteiger partial charge in [0.15, 0.2) is 0 Å². The fourth-order valence-electron chi connectivity index (χ4n) is 1.28. The van der Waals surface area contributed by atoms with Crippen LogP contribution < -0.4 is 11.1 Å². The number of nitrogens with zero attached hydrogens (tertiary/aromatic N) is 3. The second kappa shape index (κ2) is 8.18. The molecule has 0 aliphatic heterocycles. The normalized spacial score (nSPS) is 11.2. The molecule has 0 aliphatic rings. The molecule has 7 nitrogen and oxygen atoms in total. The van der Waals surface area contributed by atoms with Gasteiger partial charge in [-0.25, -0.2) is 0 Å². The zero-order valence-electron chi connectivity index (χ0n) is 10.1. The number of hydrogen-bond donors (Lipinski definition) is 2. The minimum absolute atomic E-state index is 0.0939. The number of carbonyl (C=O) groups is 2. The topological polar surface area (TPSA) is 121 Å². The van der Waals surface area contributed by atoms with Gasteiger partial charge in [-0.05, 0) is 23.5 Å². The van der Waals surface area contributed by atoms with Crippen LogP contribution in [0.25, 0.3) is 10.4 Å². The Kier molecular flexibility index (Phi) is 7.21. The zero-order chi connectivity index (χ0) is 13.3. The number of nitrogens with one attached hydrogen (secondary N) is 1. The lowest BCUT2D eigenvalue weighted by Crippen LogP contribution is -2.24. The van der Waals surface area contributed by atoms with Crippen molar-refractivity contribution < 1.29 is 9.59 Å². The van der Waals surface area contributed by atoms with Crippen LogP contribution in [-0.2, 0) is 9.59 Å². The van der Waals surface area contributed by atoms with Gasteiger partial charge in [0.05, 0.1) is 0 Å². The molecular weight excluding hydrogens is 222 g/mol. The van der Waals surface area contributed by atoms with E-state index in [1.807, 2.05) is 6.92 Å². The lowest BCUT2D eigenvalue weighted by molar-refractivity contribution is -0.118. The quantitative estimate of drug-likeness (QED) is 0.231. The fourth-order valence-corrected chi connectivity index (χ4v) is 1.28. The molecule has 0 aliphatic carbocycles. The molecule has 0 spiro atoms. The molecule has 17 heavy (non-hydrogen) atoms. The van der Waals surface area contributed by atoms with Gasteiger partial charge in [-0.3, -0.25) is 9.59 Å². The predicted molar refractivity (Wildman–Crippen MR) is 63.3 cm³/mol. The highest BCUT2D eigenvalue weighted by Gasteiger charge is 2.12. The van der Waals surface area contributed by atoms with E-state index in [4.69, 9.17) is 11.3 Å². The third-order valence-corrected chi connectivity index (χ3v) is 2.05. The van der Waals surface area contributed by atoms with E-state index in [1.54, 1.807) is 0 Å². The van der Waals surface area contributed by atoms with E-state index in [1.165, 1.54) is 6.92 Å². The number of azide groups is 1. The molecule has 0 aromatic carbocycles. The summed E-state index contributed by atoms with van der Waals surface area (Å²) in [6.07, 6.45) is 3.06. The molecule has 0 radical (unpaired) electrons. The highest BCUT2D eigenvalue weighted by atomic mass is 16.2. The summed E-state index contributed by atoms with van der Waals surface area (Å²) in [5.74, 6) is -1.19. The van der Waals surface area contributed by atoms with Crippen molar-refractivity contribution in [1.82, 2.24) is 5.32 Å². The van der Waals surface area contributed by atoms with Crippen molar-refractivity contribution in [1.29, 1.82) is 0 Å². The Hall–Kier alpha value is -2.01. The van der Waals surface area contributed by atoms with Crippen molar-refractivity contribution in [3.8, 4) is 0 Å². The Labute approximate surface area is 99.7 Å². The highest BCUT2D eigenvalue weighted by Crippen LogP contribution is 2.13. The van der Waals surface area contributed by atoms with Crippen molar-refractivity contribution in [2.24, 2.45) is 10.8 Å². The number of unbranched alkanes of at least 4 members (excludes halogenated alkanes) is 2. The SMILES string of the molecule is CCCCC/C(C(N)=O)=C(\N=[N+]=[N-])NC(C)=O. The van der Waals surface area contributed by atoms with Gasteiger partial charge in [-0.1, -0.05) is 19.8 Å². The fraction of sp³-hybridized carbons (Fsp3) is 0.600. The molecule has 0 rings (SSSR count). The first kappa shape index (κ1) is 15.0. The van der Waals surface area contributed by atoms with Gasteiger partial charge in [0.1, 0.15) is 5.82 Å². The summed E-state index contributed by atoms with van der Waals surface area (Å²) in [6.45, 7) is 3.29. The van der Waals surface area contributed by atoms with Crippen molar-refractivity contribution in [3.05, 3.63) is 21.8 Å². The van der Waals surface area contributed by atoms with Gasteiger partial charge in [0.25, 0.3) is 0 Å². The van der Waals surface area contributed by atoms with Crippen molar-refractivity contribution >= 4 is 11.8 Å². The zero-order valence-corrected chi connectivity index (χ0v) is 10.1. The minimum Gasteiger partial charge on any atom is -0.366 e. The van der Waals surface area contributed by atoms with Crippen LogP contribution in [0.1, 0.15) is 39.5 Å². The lowest BCUT2D eigenvalue weighted by Gasteiger charge is -2.08. The third-order valence-electron chi connectivity index (χ3n) is 2.05. The largest absolute Gasteiger partial charge is 0.366 e. The monoisotopic (exact) mass is 239 g/mol. The van der Waals surface area contributed by atoms with Crippen LogP contribution in [0.15, 0.2) is 16.5 Å². The third kappa shape index (κ3) is 6.21. The van der Waals surface area contributed by atoms with E-state index in [-0.39, 0.29) is 11.4 Å². The van der Waals surface area contributed by atoms with Crippen LogP contribution in [-0.4, -0.2) is 11.8 Å². The number of hydrogen-bond acceptors (Lipinski definition) is 3. The van der Waals surface area contributed by atoms with Gasteiger partial charge in [-0.15, -0.1) is 0 Å². The van der Waals surface area contributed by atoms with E-state index in [2.05, 4.69) is 15.3 Å². The molecule has 0 saturated carbocycles. The number of carbonyl (C=O) groups excluding carboxylic acids is 2. The summed E-state index contributed by atoms with van der Waals surface area (Å²) in [5, 5.41) is 5.60. The van der Waals surface area contributed by atoms with Crippen LogP contribution in [0.3, 0.4) is 0 Å². The summed E-state index contributed by atoms with van der Waals surface area (Å²) < 4.78 is 0. The molecule has 3 N–H and O–H groups in total. The Bertz CT molecular complexity index is 369. The second-order valence-electron chi connectivity index (χ2n) is 3.52. The van der Waals surface area contributed by atoms with Crippen LogP contribution in [0.4, 0.5) is 0 Å². The molecule has 0 unspecified atom stereocenters. The van der Waals surface area contributed by atoms with Crippen LogP contribution >= 0.6 is 0 Å².